The number of hydrogen-bond donors (Lipinski definition) is 1. The minimum absolute atomic E-state index is 0.168. The zero-order valence-electron chi connectivity index (χ0n) is 14.4. The number of nitrogens with one attached hydrogen (secondary N) is 1. The third-order valence-corrected chi connectivity index (χ3v) is 6.02. The molecule has 1 aromatic rings. The van der Waals surface area contributed by atoms with E-state index in [9.17, 15) is 4.79 Å². The molecule has 2 aliphatic rings. The lowest BCUT2D eigenvalue weighted by Gasteiger charge is -2.21. The molecule has 128 valence electrons. The Labute approximate surface area is 143 Å². The number of carbonyl (C=O) groups is 1. The highest BCUT2D eigenvalue weighted by molar-refractivity contribution is 7.99. The van der Waals surface area contributed by atoms with Crippen molar-refractivity contribution in [3.05, 3.63) is 11.4 Å². The van der Waals surface area contributed by atoms with Crippen LogP contribution in [0.1, 0.15) is 75.2 Å². The summed E-state index contributed by atoms with van der Waals surface area (Å²) in [6.07, 6.45) is 11.3. The number of aryl methyl sites for hydroxylation is 1. The molecule has 1 heterocycles. The number of nitrogens with zero attached hydrogens (tertiary/aromatic N) is 2. The zero-order chi connectivity index (χ0) is 16.2. The molecule has 1 N–H and O–H groups in total. The summed E-state index contributed by atoms with van der Waals surface area (Å²) < 4.78 is 2.34. The maximum absolute atomic E-state index is 12.3. The SMILES string of the molecule is Cc1nc(SCC(=O)NC2CCCCCCC2)n(C2CC2)c1C. The average Bonchev–Trinajstić information content (AvgIpc) is 3.27. The van der Waals surface area contributed by atoms with E-state index >= 15 is 0 Å². The van der Waals surface area contributed by atoms with E-state index in [1.807, 2.05) is 0 Å². The summed E-state index contributed by atoms with van der Waals surface area (Å²) in [6.45, 7) is 4.20. The molecule has 0 aromatic carbocycles. The summed E-state index contributed by atoms with van der Waals surface area (Å²) in [6, 6.07) is 1.00. The van der Waals surface area contributed by atoms with Crippen LogP contribution < -0.4 is 5.32 Å². The van der Waals surface area contributed by atoms with Crippen molar-refractivity contribution in [3.8, 4) is 0 Å². The highest BCUT2D eigenvalue weighted by Crippen LogP contribution is 2.39. The molecule has 3 rings (SSSR count). The fourth-order valence-electron chi connectivity index (χ4n) is 3.46. The second-order valence-corrected chi connectivity index (χ2v) is 8.01. The molecule has 23 heavy (non-hydrogen) atoms. The molecule has 0 spiro atoms. The summed E-state index contributed by atoms with van der Waals surface area (Å²) in [4.78, 5) is 17.0. The predicted octanol–water partition coefficient (Wildman–Crippen LogP) is 4.16. The number of carbonyl (C=O) groups excluding carboxylic acids is 1. The molecule has 2 saturated carbocycles. The van der Waals surface area contributed by atoms with Crippen LogP contribution >= 0.6 is 11.8 Å². The molecule has 0 atom stereocenters. The molecule has 1 aromatic heterocycles. The van der Waals surface area contributed by atoms with Gasteiger partial charge in [0.2, 0.25) is 5.91 Å². The number of thioether (sulfide) groups is 1. The van der Waals surface area contributed by atoms with Crippen molar-refractivity contribution in [1.29, 1.82) is 0 Å². The molecular weight excluding hydrogens is 306 g/mol. The normalized spacial score (nSPS) is 20.1. The van der Waals surface area contributed by atoms with Crippen molar-refractivity contribution in [3.63, 3.8) is 0 Å². The van der Waals surface area contributed by atoms with Gasteiger partial charge < -0.3 is 9.88 Å². The van der Waals surface area contributed by atoms with Gasteiger partial charge in [0.1, 0.15) is 0 Å². The van der Waals surface area contributed by atoms with Crippen molar-refractivity contribution in [2.24, 2.45) is 0 Å². The molecule has 0 radical (unpaired) electrons. The summed E-state index contributed by atoms with van der Waals surface area (Å²) in [5.41, 5.74) is 2.36. The molecule has 0 aliphatic heterocycles. The van der Waals surface area contributed by atoms with E-state index in [4.69, 9.17) is 0 Å². The first kappa shape index (κ1) is 16.9. The maximum atomic E-state index is 12.3. The van der Waals surface area contributed by atoms with Crippen LogP contribution in [-0.2, 0) is 4.79 Å². The lowest BCUT2D eigenvalue weighted by Crippen LogP contribution is -2.36. The molecule has 2 fully saturated rings. The van der Waals surface area contributed by atoms with Gasteiger partial charge in [-0.25, -0.2) is 4.98 Å². The Bertz CT molecular complexity index is 543. The predicted molar refractivity (Wildman–Crippen MR) is 94.9 cm³/mol. The van der Waals surface area contributed by atoms with Crippen molar-refractivity contribution < 1.29 is 4.79 Å². The molecule has 0 unspecified atom stereocenters. The van der Waals surface area contributed by atoms with Crippen LogP contribution in [-0.4, -0.2) is 27.3 Å². The van der Waals surface area contributed by atoms with E-state index in [-0.39, 0.29) is 5.91 Å². The zero-order valence-corrected chi connectivity index (χ0v) is 15.3. The first-order chi connectivity index (χ1) is 11.1. The van der Waals surface area contributed by atoms with Crippen molar-refractivity contribution in [1.82, 2.24) is 14.9 Å². The van der Waals surface area contributed by atoms with Crippen molar-refractivity contribution in [2.75, 3.05) is 5.75 Å². The summed E-state index contributed by atoms with van der Waals surface area (Å²) in [5, 5.41) is 4.27. The molecular formula is C18H29N3OS. The molecule has 0 bridgehead atoms. The van der Waals surface area contributed by atoms with Gasteiger partial charge in [0, 0.05) is 17.8 Å². The van der Waals surface area contributed by atoms with Crippen LogP contribution in [0.15, 0.2) is 5.16 Å². The number of hydrogen-bond acceptors (Lipinski definition) is 3. The van der Waals surface area contributed by atoms with Crippen LogP contribution in [0.25, 0.3) is 0 Å². The minimum Gasteiger partial charge on any atom is -0.353 e. The maximum Gasteiger partial charge on any atom is 0.230 e. The van der Waals surface area contributed by atoms with Crippen molar-refractivity contribution >= 4 is 17.7 Å². The van der Waals surface area contributed by atoms with Crippen LogP contribution in [0.2, 0.25) is 0 Å². The Morgan fingerprint density at radius 2 is 1.78 bits per heavy atom. The first-order valence-electron chi connectivity index (χ1n) is 9.12. The number of rotatable bonds is 5. The van der Waals surface area contributed by atoms with Gasteiger partial charge in [-0.2, -0.15) is 0 Å². The molecule has 1 amide bonds. The average molecular weight is 336 g/mol. The second kappa shape index (κ2) is 7.73. The van der Waals surface area contributed by atoms with Gasteiger partial charge in [0.25, 0.3) is 0 Å². The molecule has 5 heteroatoms. The van der Waals surface area contributed by atoms with E-state index in [1.165, 1.54) is 50.6 Å². The third-order valence-electron chi connectivity index (χ3n) is 5.07. The third kappa shape index (κ3) is 4.52. The quantitative estimate of drug-likeness (QED) is 0.822. The Kier molecular flexibility index (Phi) is 5.67. The van der Waals surface area contributed by atoms with Crippen LogP contribution in [0.5, 0.6) is 0 Å². The van der Waals surface area contributed by atoms with Crippen LogP contribution in [0.4, 0.5) is 0 Å². The first-order valence-corrected chi connectivity index (χ1v) is 10.1. The van der Waals surface area contributed by atoms with Gasteiger partial charge in [-0.05, 0) is 39.5 Å². The van der Waals surface area contributed by atoms with Gasteiger partial charge in [-0.15, -0.1) is 0 Å². The second-order valence-electron chi connectivity index (χ2n) is 7.06. The largest absolute Gasteiger partial charge is 0.353 e. The van der Waals surface area contributed by atoms with Gasteiger partial charge in [0.05, 0.1) is 11.4 Å². The fraction of sp³-hybridized carbons (Fsp3) is 0.778. The Hall–Kier alpha value is -0.970. The van der Waals surface area contributed by atoms with E-state index in [0.29, 0.717) is 17.8 Å². The smallest absolute Gasteiger partial charge is 0.230 e. The van der Waals surface area contributed by atoms with E-state index < -0.39 is 0 Å². The van der Waals surface area contributed by atoms with E-state index in [0.717, 1.165) is 23.7 Å². The molecule has 4 nitrogen and oxygen atoms in total. The standard InChI is InChI=1S/C18H29N3OS/c1-13-14(2)21(16-10-11-16)18(19-13)23-12-17(22)20-15-8-6-4-3-5-7-9-15/h15-16H,3-12H2,1-2H3,(H,20,22). The van der Waals surface area contributed by atoms with Crippen molar-refractivity contribution in [2.45, 2.75) is 88.9 Å². The monoisotopic (exact) mass is 335 g/mol. The molecule has 0 saturated heterocycles. The highest BCUT2D eigenvalue weighted by atomic mass is 32.2. The van der Waals surface area contributed by atoms with E-state index in [2.05, 4.69) is 28.7 Å². The lowest BCUT2D eigenvalue weighted by molar-refractivity contribution is -0.119. The van der Waals surface area contributed by atoms with Crippen LogP contribution in [0, 0.1) is 13.8 Å². The Morgan fingerprint density at radius 3 is 2.43 bits per heavy atom. The minimum atomic E-state index is 0.168. The van der Waals surface area contributed by atoms with Gasteiger partial charge in [-0.3, -0.25) is 4.79 Å². The Balaban J connectivity index is 1.51. The molecule has 2 aliphatic carbocycles. The van der Waals surface area contributed by atoms with Gasteiger partial charge in [0.15, 0.2) is 5.16 Å². The Morgan fingerprint density at radius 1 is 1.13 bits per heavy atom. The highest BCUT2D eigenvalue weighted by Gasteiger charge is 2.28. The topological polar surface area (TPSA) is 46.9 Å². The van der Waals surface area contributed by atoms with Crippen LogP contribution in [0.3, 0.4) is 0 Å². The number of amides is 1. The summed E-state index contributed by atoms with van der Waals surface area (Å²) in [7, 11) is 0. The summed E-state index contributed by atoms with van der Waals surface area (Å²) >= 11 is 1.60. The van der Waals surface area contributed by atoms with Gasteiger partial charge >= 0.3 is 0 Å². The van der Waals surface area contributed by atoms with E-state index in [1.54, 1.807) is 11.8 Å². The lowest BCUT2D eigenvalue weighted by atomic mass is 9.97. The van der Waals surface area contributed by atoms with Gasteiger partial charge in [-0.1, -0.05) is 43.9 Å². The number of aromatic nitrogens is 2. The number of imidazole rings is 1. The fourth-order valence-corrected chi connectivity index (χ4v) is 4.43. The summed E-state index contributed by atoms with van der Waals surface area (Å²) in [5.74, 6) is 0.653.